The highest BCUT2D eigenvalue weighted by Gasteiger charge is 2.52. The maximum Gasteiger partial charge on any atom is 0.430 e. The molecule has 8 bridgehead atoms. The Labute approximate surface area is 512 Å². The lowest BCUT2D eigenvalue weighted by Gasteiger charge is -2.09. The number of nitrogens with zero attached hydrogens (tertiary/aromatic N) is 18. The summed E-state index contributed by atoms with van der Waals surface area (Å²) in [6.45, 7) is 0. The first-order valence-corrected chi connectivity index (χ1v) is 24.3. The van der Waals surface area contributed by atoms with Crippen LogP contribution in [0.25, 0.3) is 90.9 Å². The van der Waals surface area contributed by atoms with Gasteiger partial charge in [-0.15, -0.1) is 0 Å². The highest BCUT2D eigenvalue weighted by Crippen LogP contribution is 2.56. The summed E-state index contributed by atoms with van der Waals surface area (Å²) in [5, 5.41) is 204. The minimum Gasteiger partial charge on any atom is -0.354 e. The Bertz CT molecular complexity index is 4680. The van der Waals surface area contributed by atoms with Crippen LogP contribution in [0.4, 0.5) is 91.0 Å². The van der Waals surface area contributed by atoms with Gasteiger partial charge in [-0.05, 0) is 48.6 Å². The minimum atomic E-state index is -2.29. The zero-order valence-electron chi connectivity index (χ0n) is 45.0. The van der Waals surface area contributed by atoms with Crippen LogP contribution in [0.2, 0.25) is 0 Å². The Kier molecular flexibility index (Phi) is 15.5. The van der Waals surface area contributed by atoms with Crippen molar-refractivity contribution in [2.75, 3.05) is 0 Å². The molecule has 5 heterocycles. The summed E-state index contributed by atoms with van der Waals surface area (Å²) in [5.74, 6) is 0. The van der Waals surface area contributed by atoms with Gasteiger partial charge in [0.15, 0.2) is 0 Å². The van der Waals surface area contributed by atoms with E-state index in [1.165, 1.54) is 0 Å². The molecule has 0 saturated heterocycles. The molecule has 2 N–H and O–H groups in total. The third-order valence-electron chi connectivity index (χ3n) is 13.7. The Morgan fingerprint density at radius 1 is 0.219 bits per heavy atom. The number of fused-ring (bicyclic) bond motifs is 8. The van der Waals surface area contributed by atoms with E-state index in [2.05, 4.69) is 19.9 Å². The first kappa shape index (κ1) is 64.4. The molecule has 0 unspecified atom stereocenters. The Morgan fingerprint density at radius 2 is 0.375 bits per heavy atom. The van der Waals surface area contributed by atoms with Crippen molar-refractivity contribution in [3.05, 3.63) is 233 Å². The summed E-state index contributed by atoms with van der Waals surface area (Å²) >= 11 is 0. The minimum absolute atomic E-state index is 0.0610. The van der Waals surface area contributed by atoms with Crippen molar-refractivity contribution in [1.29, 1.82) is 0 Å². The fraction of sp³-hybridized carbons (Fsp3) is 0. The van der Waals surface area contributed by atoms with Gasteiger partial charge in [-0.3, -0.25) is 162 Å². The molecule has 2 aliphatic heterocycles. The van der Waals surface area contributed by atoms with Gasteiger partial charge >= 0.3 is 91.0 Å². The zero-order chi connectivity index (χ0) is 71.0. The predicted octanol–water partition coefficient (Wildman–Crippen LogP) is 9.85. The van der Waals surface area contributed by atoms with E-state index in [4.69, 9.17) is 0 Å². The molecule has 96 heavy (non-hydrogen) atoms. The third kappa shape index (κ3) is 10.3. The van der Waals surface area contributed by atoms with Crippen LogP contribution >= 0.6 is 0 Å². The molecule has 4 aromatic carbocycles. The SMILES string of the molecule is O=[N+]([O-])c1cc(-c2c3nc(c(-c4cc([N+](=O)[O-])c([N+](=O)[O-])c([N+](=O)[O-])c4[N+](=O)[O-])c4ccc([nH]4)c(-c4cc([N+](=O)[O-])c([N+](=O)[O-])c([N+](=O)[O-])c4[N+](=O)[O-])c4nc(c(-c5cc([N+](=O)[O-])c([N+](=O)[O-])c([N+](=O)[O-])c5[N+](=O)[O-])c5ccc2[nH]5)C=C4)C=C3)c([N+](=O)[O-])c([N+](=O)[O-])c1[N+](=O)[O-]. The van der Waals surface area contributed by atoms with Crippen molar-refractivity contribution < 1.29 is 78.8 Å². The number of nitrogens with one attached hydrogen (secondary N) is 2. The Morgan fingerprint density at radius 3 is 0.510 bits per heavy atom. The second-order valence-corrected chi connectivity index (χ2v) is 18.6. The smallest absolute Gasteiger partial charge is 0.354 e. The number of benzene rings is 4. The summed E-state index contributed by atoms with van der Waals surface area (Å²) in [4.78, 5) is 189. The molecule has 0 saturated carbocycles. The standard InChI is InChI=1S/C44H14N20O32/c65-49(66)25-9-13(33(53(73)74)41(61(89)90)37(25)57(81)82)29-17-1-2-18(45-17)30(14-10-26(50(67)68)38(58(83)84)42(62(91)92)34(14)54(75)76)20-5-6-22(47-20)32(16-12-28(52(71)72)40(60(87)88)44(64(95)96)36(16)56(79)80)24-8-7-23(48-24)31(21-4-3-19(29)46-21)15-11-27(51(69)70)39(59(85)86)43(63(93)94)35(15)55(77)78/h1-12,45,48H. The lowest BCUT2D eigenvalue weighted by atomic mass is 9.98. The highest BCUT2D eigenvalue weighted by molar-refractivity contribution is 6.06. The van der Waals surface area contributed by atoms with Gasteiger partial charge in [0.05, 0.1) is 124 Å². The van der Waals surface area contributed by atoms with Crippen LogP contribution in [0, 0.1) is 162 Å². The summed E-state index contributed by atoms with van der Waals surface area (Å²) in [5.41, 5.74) is -53.7. The third-order valence-corrected chi connectivity index (χ3v) is 13.7. The van der Waals surface area contributed by atoms with E-state index >= 15 is 0 Å². The van der Waals surface area contributed by atoms with Crippen molar-refractivity contribution in [1.82, 2.24) is 19.9 Å². The molecule has 7 aromatic rings. The van der Waals surface area contributed by atoms with Crippen LogP contribution in [-0.4, -0.2) is 98.7 Å². The van der Waals surface area contributed by atoms with Gasteiger partial charge in [0, 0.05) is 68.6 Å². The summed E-state index contributed by atoms with van der Waals surface area (Å²) in [6, 6.07) is 2.13. The summed E-state index contributed by atoms with van der Waals surface area (Å²) in [7, 11) is 0. The summed E-state index contributed by atoms with van der Waals surface area (Å²) < 4.78 is 0. The van der Waals surface area contributed by atoms with Gasteiger partial charge < -0.3 is 9.97 Å². The number of aromatic amines is 2. The zero-order valence-corrected chi connectivity index (χ0v) is 45.0. The lowest BCUT2D eigenvalue weighted by Crippen LogP contribution is -2.07. The molecular weight excluding hydrogens is 1320 g/mol. The predicted molar refractivity (Wildman–Crippen MR) is 307 cm³/mol. The van der Waals surface area contributed by atoms with Gasteiger partial charge in [-0.25, -0.2) is 9.97 Å². The molecule has 52 nitrogen and oxygen atoms in total. The number of nitro benzene ring substituents is 16. The van der Waals surface area contributed by atoms with E-state index in [1.54, 1.807) is 0 Å². The second kappa shape index (κ2) is 23.1. The highest BCUT2D eigenvalue weighted by atomic mass is 16.7. The van der Waals surface area contributed by atoms with Crippen LogP contribution < -0.4 is 0 Å². The molecule has 482 valence electrons. The fourth-order valence-electron chi connectivity index (χ4n) is 10.3. The van der Waals surface area contributed by atoms with Gasteiger partial charge in [0.2, 0.25) is 0 Å². The number of nitro groups is 16. The van der Waals surface area contributed by atoms with E-state index in [9.17, 15) is 162 Å². The molecular formula is C44H14N20O32. The van der Waals surface area contributed by atoms with E-state index in [0.717, 1.165) is 0 Å². The molecule has 3 aromatic heterocycles. The Hall–Kier alpha value is -16.1. The Balaban J connectivity index is 1.73. The first-order valence-electron chi connectivity index (χ1n) is 24.3. The first-order chi connectivity index (χ1) is 44.9. The van der Waals surface area contributed by atoms with Crippen molar-refractivity contribution in [2.45, 2.75) is 0 Å². The van der Waals surface area contributed by atoms with Gasteiger partial charge in [0.25, 0.3) is 0 Å². The molecule has 0 atom stereocenters. The van der Waals surface area contributed by atoms with Gasteiger partial charge in [-0.1, -0.05) is 0 Å². The maximum absolute atomic E-state index is 13.2. The number of aromatic nitrogens is 4. The average Bonchev–Trinajstić information content (AvgIpc) is 1.38. The van der Waals surface area contributed by atoms with E-state index in [1.807, 2.05) is 0 Å². The molecule has 0 radical (unpaired) electrons. The number of hydrogen-bond donors (Lipinski definition) is 2. The van der Waals surface area contributed by atoms with E-state index in [-0.39, 0.29) is 24.3 Å². The second-order valence-electron chi connectivity index (χ2n) is 18.6. The van der Waals surface area contributed by atoms with Crippen molar-refractivity contribution >= 4 is 137 Å². The molecule has 0 fully saturated rings. The summed E-state index contributed by atoms with van der Waals surface area (Å²) in [6.07, 6.45) is 2.26. The van der Waals surface area contributed by atoms with Crippen LogP contribution in [0.5, 0.6) is 0 Å². The monoisotopic (exact) mass is 1330 g/mol. The fourth-order valence-corrected chi connectivity index (χ4v) is 10.3. The molecule has 2 aliphatic rings. The number of H-pyrrole nitrogens is 2. The average molecular weight is 1330 g/mol. The van der Waals surface area contributed by atoms with Crippen molar-refractivity contribution in [2.24, 2.45) is 0 Å². The van der Waals surface area contributed by atoms with Gasteiger partial charge in [0.1, 0.15) is 0 Å². The van der Waals surface area contributed by atoms with Crippen LogP contribution in [0.1, 0.15) is 22.8 Å². The van der Waals surface area contributed by atoms with Crippen molar-refractivity contribution in [3.8, 4) is 44.5 Å². The number of hydrogen-bond acceptors (Lipinski definition) is 34. The van der Waals surface area contributed by atoms with Crippen molar-refractivity contribution in [3.63, 3.8) is 0 Å². The molecule has 0 amide bonds. The maximum atomic E-state index is 13.2. The lowest BCUT2D eigenvalue weighted by molar-refractivity contribution is -0.451. The van der Waals surface area contributed by atoms with Crippen LogP contribution in [-0.2, 0) is 0 Å². The van der Waals surface area contributed by atoms with E-state index < -0.39 is 259 Å². The van der Waals surface area contributed by atoms with Crippen LogP contribution in [0.3, 0.4) is 0 Å². The number of rotatable bonds is 20. The van der Waals surface area contributed by atoms with Gasteiger partial charge in [-0.2, -0.15) is 0 Å². The topological polar surface area (TPSA) is 748 Å². The normalized spacial score (nSPS) is 11.3. The van der Waals surface area contributed by atoms with Crippen LogP contribution in [0.15, 0.2) is 48.5 Å². The molecule has 52 heteroatoms. The molecule has 9 rings (SSSR count). The largest absolute Gasteiger partial charge is 0.430 e. The molecule has 0 aliphatic carbocycles. The molecule has 0 spiro atoms. The van der Waals surface area contributed by atoms with E-state index in [0.29, 0.717) is 48.6 Å². The quantitative estimate of drug-likeness (QED) is 0.0529.